The zero-order chi connectivity index (χ0) is 23.9. The van der Waals surface area contributed by atoms with E-state index < -0.39 is 17.1 Å². The van der Waals surface area contributed by atoms with Crippen molar-refractivity contribution in [2.45, 2.75) is 68.2 Å². The van der Waals surface area contributed by atoms with Crippen molar-refractivity contribution < 1.29 is 19.7 Å². The summed E-state index contributed by atoms with van der Waals surface area (Å²) in [5, 5.41) is 23.3. The maximum atomic E-state index is 13.9. The van der Waals surface area contributed by atoms with Crippen molar-refractivity contribution >= 4 is 5.91 Å². The summed E-state index contributed by atoms with van der Waals surface area (Å²) in [7, 11) is 1.86. The lowest BCUT2D eigenvalue weighted by Gasteiger charge is -2.64. The highest BCUT2D eigenvalue weighted by Gasteiger charge is 2.73. The molecule has 7 rings (SSSR count). The average molecular weight is 475 g/mol. The Bertz CT molecular complexity index is 1180. The first-order chi connectivity index (χ1) is 16.9. The molecular weight excluding hydrogens is 440 g/mol. The van der Waals surface area contributed by atoms with Gasteiger partial charge in [-0.2, -0.15) is 0 Å². The maximum absolute atomic E-state index is 13.9. The molecule has 2 aromatic carbocycles. The molecule has 0 radical (unpaired) electrons. The van der Waals surface area contributed by atoms with E-state index in [2.05, 4.69) is 4.90 Å². The van der Waals surface area contributed by atoms with E-state index in [0.717, 1.165) is 43.0 Å². The van der Waals surface area contributed by atoms with Crippen LogP contribution in [0.15, 0.2) is 42.5 Å². The predicted octanol–water partition coefficient (Wildman–Crippen LogP) is 3.23. The number of nitrogens with zero attached hydrogens (tertiary/aromatic N) is 2. The minimum atomic E-state index is -0.953. The lowest BCUT2D eigenvalue weighted by atomic mass is 9.47. The number of carbonyl (C=O) groups excluding carboxylic acids is 1. The van der Waals surface area contributed by atoms with Gasteiger partial charge in [-0.1, -0.05) is 36.4 Å². The van der Waals surface area contributed by atoms with Gasteiger partial charge in [-0.25, -0.2) is 0 Å². The van der Waals surface area contributed by atoms with E-state index in [0.29, 0.717) is 25.1 Å². The number of aliphatic hydroxyl groups is 1. The molecule has 35 heavy (non-hydrogen) atoms. The lowest BCUT2D eigenvalue weighted by Crippen LogP contribution is -2.77. The smallest absolute Gasteiger partial charge is 0.229 e. The van der Waals surface area contributed by atoms with E-state index in [4.69, 9.17) is 4.74 Å². The molecule has 2 N–H and O–H groups in total. The third-order valence-corrected chi connectivity index (χ3v) is 9.72. The van der Waals surface area contributed by atoms with Gasteiger partial charge in [-0.3, -0.25) is 9.69 Å². The van der Waals surface area contributed by atoms with Crippen molar-refractivity contribution in [3.8, 4) is 11.5 Å². The maximum Gasteiger partial charge on any atom is 0.229 e. The molecule has 5 atom stereocenters. The number of aromatic hydroxyl groups is 1. The summed E-state index contributed by atoms with van der Waals surface area (Å²) < 4.78 is 6.56. The predicted molar refractivity (Wildman–Crippen MR) is 131 cm³/mol. The largest absolute Gasteiger partial charge is 0.504 e. The number of phenolic OH excluding ortho intramolecular Hbond substituents is 1. The summed E-state index contributed by atoms with van der Waals surface area (Å²) in [6.07, 6.45) is 4.83. The molecule has 3 aliphatic carbocycles. The van der Waals surface area contributed by atoms with Crippen LogP contribution >= 0.6 is 0 Å². The molecule has 2 saturated carbocycles. The zero-order valence-corrected chi connectivity index (χ0v) is 20.3. The fourth-order valence-corrected chi connectivity index (χ4v) is 7.95. The number of ether oxygens (including phenoxy) is 1. The van der Waals surface area contributed by atoms with Crippen LogP contribution in [0.5, 0.6) is 11.5 Å². The Kier molecular flexibility index (Phi) is 4.63. The first kappa shape index (κ1) is 21.7. The van der Waals surface area contributed by atoms with Crippen molar-refractivity contribution in [3.63, 3.8) is 0 Å². The number of likely N-dealkylation sites (tertiary alicyclic amines) is 1. The Labute approximate surface area is 206 Å². The van der Waals surface area contributed by atoms with Gasteiger partial charge in [0.25, 0.3) is 0 Å². The van der Waals surface area contributed by atoms with Gasteiger partial charge in [0.05, 0.1) is 16.9 Å². The minimum absolute atomic E-state index is 0.0315. The topological polar surface area (TPSA) is 73.2 Å². The summed E-state index contributed by atoms with van der Waals surface area (Å²) in [6, 6.07) is 13.8. The number of hydrogen-bond acceptors (Lipinski definition) is 5. The van der Waals surface area contributed by atoms with Crippen molar-refractivity contribution in [1.82, 2.24) is 9.80 Å². The minimum Gasteiger partial charge on any atom is -0.504 e. The number of amides is 1. The standard InChI is InChI=1S/C29H34N2O4/c1-30(16-18-5-3-2-4-6-18)27(33)21-11-12-29(34)23-15-20-9-10-22(32)25-24(20)28(29,26(21)35-25)13-14-31(23)17-19-7-8-19/h2-6,9-10,19,21,23,26,32,34H,7-8,11-17H2,1H3/t21-,23-,26+,28+,29-/m1/s1. The molecular formula is C29H34N2O4. The van der Waals surface area contributed by atoms with Gasteiger partial charge >= 0.3 is 0 Å². The number of carbonyl (C=O) groups is 1. The van der Waals surface area contributed by atoms with Crippen LogP contribution in [0.3, 0.4) is 0 Å². The third-order valence-electron chi connectivity index (χ3n) is 9.72. The number of benzene rings is 2. The van der Waals surface area contributed by atoms with Gasteiger partial charge in [0.2, 0.25) is 5.91 Å². The Balaban J connectivity index is 1.28. The van der Waals surface area contributed by atoms with Crippen molar-refractivity contribution in [2.75, 3.05) is 20.1 Å². The van der Waals surface area contributed by atoms with Crippen LogP contribution in [-0.2, 0) is 23.2 Å². The molecule has 1 amide bonds. The molecule has 5 aliphatic rings. The van der Waals surface area contributed by atoms with E-state index in [1.807, 2.05) is 43.4 Å². The fraction of sp³-hybridized carbons (Fsp3) is 0.552. The molecule has 6 heteroatoms. The monoisotopic (exact) mass is 474 g/mol. The van der Waals surface area contributed by atoms with Crippen LogP contribution in [0.2, 0.25) is 0 Å². The molecule has 6 nitrogen and oxygen atoms in total. The van der Waals surface area contributed by atoms with Crippen LogP contribution in [0.25, 0.3) is 0 Å². The van der Waals surface area contributed by atoms with Crippen molar-refractivity contribution in [3.05, 3.63) is 59.2 Å². The SMILES string of the molecule is CN(Cc1ccccc1)C(=O)[C@@H]1CC[C@@]2(O)[C@H]3Cc4ccc(O)c5c4[C@@]2(CCN3CC2CC2)[C@H]1O5. The molecule has 3 fully saturated rings. The molecule has 2 heterocycles. The lowest BCUT2D eigenvalue weighted by molar-refractivity contribution is -0.201. The Hall–Kier alpha value is -2.57. The van der Waals surface area contributed by atoms with Crippen LogP contribution in [0, 0.1) is 11.8 Å². The van der Waals surface area contributed by atoms with E-state index in [1.54, 1.807) is 11.0 Å². The highest BCUT2D eigenvalue weighted by molar-refractivity contribution is 5.81. The van der Waals surface area contributed by atoms with Crippen LogP contribution in [0.1, 0.15) is 48.8 Å². The van der Waals surface area contributed by atoms with Gasteiger partial charge in [-0.05, 0) is 68.2 Å². The summed E-state index contributed by atoms with van der Waals surface area (Å²) in [6.45, 7) is 2.50. The van der Waals surface area contributed by atoms with E-state index in [-0.39, 0.29) is 23.6 Å². The van der Waals surface area contributed by atoms with Gasteiger partial charge in [0, 0.05) is 31.7 Å². The van der Waals surface area contributed by atoms with E-state index >= 15 is 0 Å². The summed E-state index contributed by atoms with van der Waals surface area (Å²) in [5.74, 6) is 1.09. The molecule has 1 saturated heterocycles. The molecule has 1 spiro atoms. The van der Waals surface area contributed by atoms with Gasteiger partial charge in [-0.15, -0.1) is 0 Å². The Morgan fingerprint density at radius 2 is 1.94 bits per heavy atom. The zero-order valence-electron chi connectivity index (χ0n) is 20.3. The van der Waals surface area contributed by atoms with Gasteiger partial charge in [0.1, 0.15) is 6.10 Å². The quantitative estimate of drug-likeness (QED) is 0.696. The molecule has 2 bridgehead atoms. The Morgan fingerprint density at radius 3 is 2.71 bits per heavy atom. The highest BCUT2D eigenvalue weighted by atomic mass is 16.5. The van der Waals surface area contributed by atoms with Crippen LogP contribution in [-0.4, -0.2) is 63.8 Å². The summed E-state index contributed by atoms with van der Waals surface area (Å²) in [4.78, 5) is 18.2. The van der Waals surface area contributed by atoms with Crippen molar-refractivity contribution in [2.24, 2.45) is 11.8 Å². The van der Waals surface area contributed by atoms with E-state index in [9.17, 15) is 15.0 Å². The van der Waals surface area contributed by atoms with Crippen LogP contribution < -0.4 is 4.74 Å². The molecule has 0 unspecified atom stereocenters. The summed E-state index contributed by atoms with van der Waals surface area (Å²) in [5.41, 5.74) is 1.64. The first-order valence-electron chi connectivity index (χ1n) is 13.2. The second kappa shape index (κ2) is 7.47. The molecule has 184 valence electrons. The average Bonchev–Trinajstić information content (AvgIpc) is 3.60. The highest BCUT2D eigenvalue weighted by Crippen LogP contribution is 2.66. The first-order valence-corrected chi connectivity index (χ1v) is 13.2. The second-order valence-electron chi connectivity index (χ2n) is 11.6. The molecule has 0 aromatic heterocycles. The fourth-order valence-electron chi connectivity index (χ4n) is 7.95. The molecule has 2 aromatic rings. The number of phenols is 1. The summed E-state index contributed by atoms with van der Waals surface area (Å²) >= 11 is 0. The number of rotatable bonds is 5. The number of piperidine rings is 1. The number of hydrogen-bond donors (Lipinski definition) is 2. The molecule has 2 aliphatic heterocycles. The Morgan fingerprint density at radius 1 is 1.14 bits per heavy atom. The normalized spacial score (nSPS) is 34.7. The van der Waals surface area contributed by atoms with E-state index in [1.165, 1.54) is 18.4 Å². The van der Waals surface area contributed by atoms with Gasteiger partial charge in [0.15, 0.2) is 11.5 Å². The van der Waals surface area contributed by atoms with Gasteiger partial charge < -0.3 is 19.8 Å². The third kappa shape index (κ3) is 2.93. The van der Waals surface area contributed by atoms with Crippen LogP contribution in [0.4, 0.5) is 0 Å². The van der Waals surface area contributed by atoms with Crippen molar-refractivity contribution in [1.29, 1.82) is 0 Å². The second-order valence-corrected chi connectivity index (χ2v) is 11.6.